The third kappa shape index (κ3) is 12.2. The summed E-state index contributed by atoms with van der Waals surface area (Å²) in [6.45, 7) is 10.1. The summed E-state index contributed by atoms with van der Waals surface area (Å²) in [6, 6.07) is 0. The Morgan fingerprint density at radius 1 is 1.47 bits per heavy atom. The zero-order valence-corrected chi connectivity index (χ0v) is 13.8. The molecule has 0 unspecified atom stereocenters. The van der Waals surface area contributed by atoms with Gasteiger partial charge in [0, 0.05) is 18.6 Å². The van der Waals surface area contributed by atoms with Gasteiger partial charge in [-0.05, 0) is 17.6 Å². The molecule has 0 aliphatic heterocycles. The number of allylic oxidation sites excluding steroid dienone is 1. The van der Waals surface area contributed by atoms with Crippen molar-refractivity contribution >= 4 is 34.7 Å². The first-order chi connectivity index (χ1) is 8.89. The molecule has 0 aromatic rings. The molecule has 4 nitrogen and oxygen atoms in total. The monoisotopic (exact) mass is 304 g/mol. The van der Waals surface area contributed by atoms with E-state index >= 15 is 0 Å². The van der Waals surface area contributed by atoms with Crippen molar-refractivity contribution in [1.82, 2.24) is 5.32 Å². The highest BCUT2D eigenvalue weighted by Gasteiger charge is 2.16. The number of nitrogens with zero attached hydrogens (tertiary/aromatic N) is 1. The van der Waals surface area contributed by atoms with Gasteiger partial charge in [0.05, 0.1) is 0 Å². The van der Waals surface area contributed by atoms with Crippen molar-refractivity contribution in [2.24, 2.45) is 10.6 Å². The molecule has 0 aliphatic carbocycles. The van der Waals surface area contributed by atoms with Crippen LogP contribution in [0.15, 0.2) is 17.8 Å². The largest absolute Gasteiger partial charge is 0.433 e. The van der Waals surface area contributed by atoms with E-state index in [1.54, 1.807) is 11.8 Å². The number of carbonyl (C=O) groups excluding carboxylic acids is 1. The van der Waals surface area contributed by atoms with Crippen LogP contribution in [0.1, 0.15) is 33.6 Å². The van der Waals surface area contributed by atoms with Gasteiger partial charge in [-0.1, -0.05) is 43.8 Å². The number of rotatable bonds is 7. The van der Waals surface area contributed by atoms with Gasteiger partial charge in [0.25, 0.3) is 0 Å². The van der Waals surface area contributed by atoms with E-state index < -0.39 is 6.09 Å². The minimum Gasteiger partial charge on any atom is -0.323 e. The lowest BCUT2D eigenvalue weighted by molar-refractivity contribution is 0.153. The summed E-state index contributed by atoms with van der Waals surface area (Å²) < 4.78 is 0. The number of nitrogens with one attached hydrogen (secondary N) is 1. The third-order valence-electron chi connectivity index (χ3n) is 1.89. The average Bonchev–Trinajstić information content (AvgIpc) is 2.33. The lowest BCUT2D eigenvalue weighted by Gasteiger charge is -2.18. The molecule has 1 amide bonds. The van der Waals surface area contributed by atoms with E-state index in [1.165, 1.54) is 7.05 Å². The molecule has 0 saturated carbocycles. The first-order valence-electron chi connectivity index (χ1n) is 6.16. The smallest absolute Gasteiger partial charge is 0.323 e. The molecule has 0 bridgehead atoms. The molecule has 0 fully saturated rings. The lowest BCUT2D eigenvalue weighted by atomic mass is 9.93. The molecule has 0 atom stereocenters. The molecule has 0 aromatic heterocycles. The number of amides is 1. The minimum atomic E-state index is -0.536. The predicted octanol–water partition coefficient (Wildman–Crippen LogP) is 4.09. The number of hydrogen-bond acceptors (Lipinski definition) is 5. The quantitative estimate of drug-likeness (QED) is 0.146. The van der Waals surface area contributed by atoms with Crippen LogP contribution in [0.5, 0.6) is 0 Å². The van der Waals surface area contributed by atoms with E-state index in [1.807, 2.05) is 17.8 Å². The summed E-state index contributed by atoms with van der Waals surface area (Å²) in [4.78, 5) is 15.8. The van der Waals surface area contributed by atoms with E-state index in [4.69, 9.17) is 4.84 Å². The van der Waals surface area contributed by atoms with Crippen molar-refractivity contribution in [3.63, 3.8) is 0 Å². The Morgan fingerprint density at radius 2 is 2.16 bits per heavy atom. The van der Waals surface area contributed by atoms with Crippen molar-refractivity contribution < 1.29 is 9.63 Å². The van der Waals surface area contributed by atoms with Gasteiger partial charge in [-0.2, -0.15) is 11.8 Å². The fourth-order valence-corrected chi connectivity index (χ4v) is 3.34. The lowest BCUT2D eigenvalue weighted by Crippen LogP contribution is -2.18. The molecule has 19 heavy (non-hydrogen) atoms. The Balaban J connectivity index is 4.25. The van der Waals surface area contributed by atoms with Crippen molar-refractivity contribution in [2.45, 2.75) is 33.6 Å². The van der Waals surface area contributed by atoms with Gasteiger partial charge < -0.3 is 5.32 Å². The molecule has 0 aromatic carbocycles. The summed E-state index contributed by atoms with van der Waals surface area (Å²) in [7, 11) is 1.51. The molecule has 0 spiro atoms. The summed E-state index contributed by atoms with van der Waals surface area (Å²) in [6.07, 6.45) is 3.17. The van der Waals surface area contributed by atoms with Crippen molar-refractivity contribution in [1.29, 1.82) is 0 Å². The molecule has 0 rings (SSSR count). The molecule has 6 heteroatoms. The molecule has 1 N–H and O–H groups in total. The molecular weight excluding hydrogens is 280 g/mol. The molecule has 0 saturated heterocycles. The van der Waals surface area contributed by atoms with Crippen LogP contribution in [-0.2, 0) is 4.84 Å². The molecule has 110 valence electrons. The van der Waals surface area contributed by atoms with Gasteiger partial charge in [-0.3, -0.25) is 4.84 Å². The van der Waals surface area contributed by atoms with E-state index in [0.29, 0.717) is 0 Å². The number of hydrogen-bond donors (Lipinski definition) is 1. The van der Waals surface area contributed by atoms with E-state index in [9.17, 15) is 4.79 Å². The maximum absolute atomic E-state index is 11.0. The van der Waals surface area contributed by atoms with Crippen LogP contribution < -0.4 is 5.32 Å². The van der Waals surface area contributed by atoms with Gasteiger partial charge in [-0.15, -0.1) is 6.58 Å². The zero-order chi connectivity index (χ0) is 14.7. The van der Waals surface area contributed by atoms with Gasteiger partial charge in [-0.25, -0.2) is 4.79 Å². The summed E-state index contributed by atoms with van der Waals surface area (Å²) in [5.41, 5.74) is 0.115. The van der Waals surface area contributed by atoms with Crippen molar-refractivity contribution in [3.8, 4) is 0 Å². The van der Waals surface area contributed by atoms with Gasteiger partial charge in [0.2, 0.25) is 0 Å². The Kier molecular flexibility index (Phi) is 9.87. The predicted molar refractivity (Wildman–Crippen MR) is 86.8 cm³/mol. The second-order valence-electron chi connectivity index (χ2n) is 5.10. The minimum absolute atomic E-state index is 0.115. The van der Waals surface area contributed by atoms with Gasteiger partial charge in [0.15, 0.2) is 0 Å². The molecule has 0 radical (unpaired) electrons. The first kappa shape index (κ1) is 18.4. The molecular formula is C13H24N2O2S2. The summed E-state index contributed by atoms with van der Waals surface area (Å²) in [5.74, 6) is 1.05. The van der Waals surface area contributed by atoms with E-state index in [0.717, 1.165) is 28.7 Å². The SMILES string of the molecule is C=CCCSCSC(CC(C)(C)C)=NOC(=O)NC. The summed E-state index contributed by atoms with van der Waals surface area (Å²) >= 11 is 3.45. The normalized spacial score (nSPS) is 12.1. The van der Waals surface area contributed by atoms with Crippen LogP contribution in [0, 0.1) is 5.41 Å². The van der Waals surface area contributed by atoms with Crippen LogP contribution in [0.4, 0.5) is 4.79 Å². The number of carbonyl (C=O) groups is 1. The van der Waals surface area contributed by atoms with Gasteiger partial charge >= 0.3 is 6.09 Å². The Labute approximate surface area is 124 Å². The van der Waals surface area contributed by atoms with Crippen LogP contribution >= 0.6 is 23.5 Å². The van der Waals surface area contributed by atoms with Gasteiger partial charge in [0.1, 0.15) is 5.04 Å². The Bertz CT molecular complexity index is 312. The highest BCUT2D eigenvalue weighted by molar-refractivity contribution is 8.24. The second kappa shape index (κ2) is 10.2. The van der Waals surface area contributed by atoms with E-state index in [2.05, 4.69) is 37.8 Å². The van der Waals surface area contributed by atoms with Crippen molar-refractivity contribution in [3.05, 3.63) is 12.7 Å². The van der Waals surface area contributed by atoms with Crippen LogP contribution in [0.3, 0.4) is 0 Å². The maximum atomic E-state index is 11.0. The Morgan fingerprint density at radius 3 is 2.68 bits per heavy atom. The maximum Gasteiger partial charge on any atom is 0.433 e. The zero-order valence-electron chi connectivity index (χ0n) is 12.2. The van der Waals surface area contributed by atoms with Crippen LogP contribution in [0.2, 0.25) is 0 Å². The third-order valence-corrected chi connectivity index (χ3v) is 4.11. The number of oxime groups is 1. The second-order valence-corrected chi connectivity index (χ2v) is 7.62. The van der Waals surface area contributed by atoms with E-state index in [-0.39, 0.29) is 5.41 Å². The molecule has 0 aliphatic rings. The van der Waals surface area contributed by atoms with Crippen LogP contribution in [0.25, 0.3) is 0 Å². The highest BCUT2D eigenvalue weighted by Crippen LogP contribution is 2.26. The van der Waals surface area contributed by atoms with Crippen molar-refractivity contribution in [2.75, 3.05) is 17.9 Å². The first-order valence-corrected chi connectivity index (χ1v) is 8.30. The topological polar surface area (TPSA) is 50.7 Å². The number of thioether (sulfide) groups is 2. The Hall–Kier alpha value is -0.620. The fraction of sp³-hybridized carbons (Fsp3) is 0.692. The fourth-order valence-electron chi connectivity index (χ4n) is 1.04. The highest BCUT2D eigenvalue weighted by atomic mass is 32.2. The molecule has 0 heterocycles. The van der Waals surface area contributed by atoms with Crippen LogP contribution in [-0.4, -0.2) is 29.0 Å². The standard InChI is InChI=1S/C13H24N2O2S2/c1-6-7-8-18-10-19-11(9-13(2,3)4)15-17-12(16)14-5/h6H,1,7-10H2,2-5H3,(H,14,16). The summed E-state index contributed by atoms with van der Waals surface area (Å²) in [5, 5.41) is 8.06. The average molecular weight is 304 g/mol.